The highest BCUT2D eigenvalue weighted by Gasteiger charge is 2.60. The summed E-state index contributed by atoms with van der Waals surface area (Å²) in [6.07, 6.45) is 3.21. The van der Waals surface area contributed by atoms with E-state index in [1.807, 2.05) is 12.1 Å². The van der Waals surface area contributed by atoms with Gasteiger partial charge in [0.05, 0.1) is 0 Å². The molecule has 0 unspecified atom stereocenters. The summed E-state index contributed by atoms with van der Waals surface area (Å²) in [6, 6.07) is 7.29. The molecule has 0 spiro atoms. The largest absolute Gasteiger partial charge is 0.226 e. The zero-order chi connectivity index (χ0) is 15.6. The minimum Gasteiger partial charge on any atom is -0.0930 e. The van der Waals surface area contributed by atoms with Gasteiger partial charge in [-0.15, -0.1) is 0 Å². The van der Waals surface area contributed by atoms with Gasteiger partial charge < -0.3 is 0 Å². The molecule has 1 rings (SSSR count). The van der Waals surface area contributed by atoms with Crippen molar-refractivity contribution in [2.24, 2.45) is 0 Å². The van der Waals surface area contributed by atoms with Crippen LogP contribution in [-0.4, -0.2) is 8.13 Å². The highest BCUT2D eigenvalue weighted by Crippen LogP contribution is 2.60. The molecule has 7 heteroatoms. The van der Waals surface area contributed by atoms with Crippen molar-refractivity contribution >= 4 is 81.2 Å². The summed E-state index contributed by atoms with van der Waals surface area (Å²) < 4.78 is -5.80. The third-order valence-electron chi connectivity index (χ3n) is 2.89. The number of hydrogen-bond donors (Lipinski definition) is 0. The maximum Gasteiger partial charge on any atom is 0.226 e. The topological polar surface area (TPSA) is 0 Å². The number of halogens is 7. The zero-order valence-electron chi connectivity index (χ0n) is 10.6. The molecule has 0 saturated carbocycles. The van der Waals surface area contributed by atoms with E-state index in [1.165, 1.54) is 5.56 Å². The van der Waals surface area contributed by atoms with Crippen LogP contribution in [0.2, 0.25) is 0 Å². The van der Waals surface area contributed by atoms with E-state index in [2.05, 4.69) is 6.92 Å². The van der Waals surface area contributed by atoms with Crippen molar-refractivity contribution in [3.8, 4) is 0 Å². The van der Waals surface area contributed by atoms with Crippen LogP contribution in [0.25, 0.3) is 0 Å². The molecule has 0 aliphatic heterocycles. The Morgan fingerprint density at radius 1 is 0.850 bits per heavy atom. The van der Waals surface area contributed by atoms with Crippen molar-refractivity contribution in [1.29, 1.82) is 0 Å². The Morgan fingerprint density at radius 2 is 1.35 bits per heavy atom. The lowest BCUT2D eigenvalue weighted by molar-refractivity contribution is 0.698. The van der Waals surface area contributed by atoms with E-state index in [4.69, 9.17) is 81.2 Å². The van der Waals surface area contributed by atoms with Crippen molar-refractivity contribution in [1.82, 2.24) is 0 Å². The molecule has 114 valence electrons. The first-order chi connectivity index (χ1) is 9.04. The first-order valence-electron chi connectivity index (χ1n) is 5.95. The summed E-state index contributed by atoms with van der Waals surface area (Å²) in [6.45, 7) is 2.13. The molecule has 1 aromatic rings. The predicted molar refractivity (Wildman–Crippen MR) is 93.2 cm³/mol. The molecular formula is C13H13Cl7. The van der Waals surface area contributed by atoms with Gasteiger partial charge in [0.2, 0.25) is 8.13 Å². The Balaban J connectivity index is 3.04. The molecule has 0 aromatic heterocycles. The molecule has 0 saturated heterocycles. The average molecular weight is 417 g/mol. The molecule has 0 aliphatic carbocycles. The van der Waals surface area contributed by atoms with Crippen LogP contribution in [0, 0.1) is 0 Å². The molecule has 0 radical (unpaired) electrons. The molecule has 0 amide bonds. The number of alkyl halides is 7. The molecule has 0 nitrogen and oxygen atoms in total. The van der Waals surface area contributed by atoms with E-state index in [0.717, 1.165) is 19.3 Å². The van der Waals surface area contributed by atoms with E-state index in [1.54, 1.807) is 12.1 Å². The van der Waals surface area contributed by atoms with Crippen LogP contribution < -0.4 is 0 Å². The Morgan fingerprint density at radius 3 is 1.75 bits per heavy atom. The summed E-state index contributed by atoms with van der Waals surface area (Å²) in [5.74, 6) is 0. The first kappa shape index (κ1) is 19.3. The summed E-state index contributed by atoms with van der Waals surface area (Å²) >= 11 is 41.9. The van der Waals surface area contributed by atoms with E-state index in [9.17, 15) is 0 Å². The van der Waals surface area contributed by atoms with Gasteiger partial charge in [0, 0.05) is 0 Å². The average Bonchev–Trinajstić information content (AvgIpc) is 2.35. The number of unbranched alkanes of at least 4 members (excludes halogenated alkanes) is 1. The number of hydrogen-bond acceptors (Lipinski definition) is 0. The van der Waals surface area contributed by atoms with Crippen molar-refractivity contribution in [3.05, 3.63) is 35.4 Å². The van der Waals surface area contributed by atoms with E-state index < -0.39 is 12.5 Å². The van der Waals surface area contributed by atoms with Crippen LogP contribution >= 0.6 is 81.2 Å². The van der Waals surface area contributed by atoms with E-state index in [0.29, 0.717) is 5.56 Å². The van der Waals surface area contributed by atoms with Crippen LogP contribution in [0.15, 0.2) is 24.3 Å². The number of aryl methyl sites for hydroxylation is 1. The molecule has 1 aromatic carbocycles. The maximum atomic E-state index is 6.24. The summed E-state index contributed by atoms with van der Waals surface area (Å²) in [5, 5.41) is 0. The van der Waals surface area contributed by atoms with Crippen LogP contribution in [0.1, 0.15) is 30.9 Å². The monoisotopic (exact) mass is 414 g/mol. The molecule has 0 fully saturated rings. The predicted octanol–water partition coefficient (Wildman–Crippen LogP) is 7.20. The van der Waals surface area contributed by atoms with Gasteiger partial charge in [-0.25, -0.2) is 0 Å². The highest BCUT2D eigenvalue weighted by atomic mass is 35.6. The van der Waals surface area contributed by atoms with Gasteiger partial charge in [-0.1, -0.05) is 119 Å². The van der Waals surface area contributed by atoms with E-state index in [-0.39, 0.29) is 0 Å². The van der Waals surface area contributed by atoms with Gasteiger partial charge in [-0.05, 0) is 24.0 Å². The number of benzene rings is 1. The SMILES string of the molecule is CCCCc1ccc(C(Cl)(Cl)C(Cl)(Cl)C(Cl)(Cl)Cl)cc1. The fourth-order valence-electron chi connectivity index (χ4n) is 1.62. The minimum atomic E-state index is -2.04. The zero-order valence-corrected chi connectivity index (χ0v) is 15.9. The second-order valence-corrected chi connectivity index (χ2v) is 9.38. The van der Waals surface area contributed by atoms with Crippen LogP contribution in [0.5, 0.6) is 0 Å². The summed E-state index contributed by atoms with van der Waals surface area (Å²) in [5.41, 5.74) is 1.64. The van der Waals surface area contributed by atoms with Gasteiger partial charge in [0.25, 0.3) is 0 Å². The normalized spacial score (nSPS) is 13.6. The summed E-state index contributed by atoms with van der Waals surface area (Å²) in [4.78, 5) is 0. The highest BCUT2D eigenvalue weighted by molar-refractivity contribution is 6.78. The second kappa shape index (κ2) is 7.21. The molecule has 0 aliphatic rings. The fourth-order valence-corrected chi connectivity index (χ4v) is 3.09. The molecule has 0 N–H and O–H groups in total. The quantitative estimate of drug-likeness (QED) is 0.444. The Hall–Kier alpha value is 1.25. The van der Waals surface area contributed by atoms with Gasteiger partial charge in [-0.3, -0.25) is 0 Å². The molecule has 0 heterocycles. The Bertz CT molecular complexity index is 431. The Labute approximate surface area is 154 Å². The van der Waals surface area contributed by atoms with Gasteiger partial charge in [0.1, 0.15) is 0 Å². The molecule has 0 bridgehead atoms. The fraction of sp³-hybridized carbons (Fsp3) is 0.538. The van der Waals surface area contributed by atoms with Gasteiger partial charge in [0.15, 0.2) is 4.33 Å². The van der Waals surface area contributed by atoms with Crippen LogP contribution in [-0.2, 0) is 10.8 Å². The summed E-state index contributed by atoms with van der Waals surface area (Å²) in [7, 11) is 0. The van der Waals surface area contributed by atoms with E-state index >= 15 is 0 Å². The molecular weight excluding hydrogens is 404 g/mol. The lowest BCUT2D eigenvalue weighted by Gasteiger charge is -2.37. The molecule has 0 atom stereocenters. The van der Waals surface area contributed by atoms with Gasteiger partial charge in [-0.2, -0.15) is 0 Å². The smallest absolute Gasteiger partial charge is 0.0930 e. The van der Waals surface area contributed by atoms with Gasteiger partial charge >= 0.3 is 0 Å². The maximum absolute atomic E-state index is 6.24. The van der Waals surface area contributed by atoms with Crippen LogP contribution in [0.3, 0.4) is 0 Å². The Kier molecular flexibility index (Phi) is 6.96. The first-order valence-corrected chi connectivity index (χ1v) is 8.60. The second-order valence-electron chi connectivity index (χ2n) is 4.45. The molecule has 20 heavy (non-hydrogen) atoms. The van der Waals surface area contributed by atoms with Crippen molar-refractivity contribution in [2.45, 2.75) is 38.6 Å². The van der Waals surface area contributed by atoms with Crippen LogP contribution in [0.4, 0.5) is 0 Å². The number of rotatable bonds is 5. The third-order valence-corrected chi connectivity index (χ3v) is 6.84. The third kappa shape index (κ3) is 4.16. The lowest BCUT2D eigenvalue weighted by Crippen LogP contribution is -2.45. The van der Waals surface area contributed by atoms with Crippen molar-refractivity contribution in [3.63, 3.8) is 0 Å². The minimum absolute atomic E-state index is 0.470. The van der Waals surface area contributed by atoms with Crippen molar-refractivity contribution in [2.75, 3.05) is 0 Å². The van der Waals surface area contributed by atoms with Crippen molar-refractivity contribution < 1.29 is 0 Å². The lowest BCUT2D eigenvalue weighted by atomic mass is 10.0. The standard InChI is InChI=1S/C13H13Cl7/c1-2-3-4-9-5-7-10(8-6-9)11(14,15)12(16,17)13(18,19)20/h5-8H,2-4H2,1H3.